The fourth-order valence-electron chi connectivity index (χ4n) is 2.25. The Morgan fingerprint density at radius 2 is 1.96 bits per heavy atom. The monoisotopic (exact) mass is 362 g/mol. The summed E-state index contributed by atoms with van der Waals surface area (Å²) < 4.78 is 41.5. The van der Waals surface area contributed by atoms with E-state index >= 15 is 0 Å². The summed E-state index contributed by atoms with van der Waals surface area (Å²) in [6.45, 7) is 2.15. The van der Waals surface area contributed by atoms with E-state index in [2.05, 4.69) is 20.0 Å². The fraction of sp³-hybridized carbons (Fsp3) is 0.357. The fourth-order valence-corrected chi connectivity index (χ4v) is 2.25. The summed E-state index contributed by atoms with van der Waals surface area (Å²) in [7, 11) is 0. The van der Waals surface area contributed by atoms with Crippen LogP contribution in [-0.4, -0.2) is 40.6 Å². The van der Waals surface area contributed by atoms with Crippen molar-refractivity contribution in [3.63, 3.8) is 0 Å². The minimum atomic E-state index is -4.66. The number of alkyl halides is 3. The largest absolute Gasteiger partial charge is 0.471 e. The maximum atomic E-state index is 12.4. The summed E-state index contributed by atoms with van der Waals surface area (Å²) in [5.74, 6) is -1.47. The van der Waals surface area contributed by atoms with Crippen LogP contribution in [0.1, 0.15) is 11.5 Å². The van der Waals surface area contributed by atoms with Gasteiger partial charge in [-0.25, -0.2) is 0 Å². The molecule has 0 aliphatic carbocycles. The molecule has 0 radical (unpaired) electrons. The molecule has 1 fully saturated rings. The third kappa shape index (κ3) is 4.04. The van der Waals surface area contributed by atoms with Crippen LogP contribution in [0.3, 0.4) is 0 Å². The highest BCUT2D eigenvalue weighted by Crippen LogP contribution is 2.29. The lowest BCUT2D eigenvalue weighted by molar-refractivity contribution is -0.159. The van der Waals surface area contributed by atoms with Crippen molar-refractivity contribution in [2.24, 2.45) is 0 Å². The number of benzene rings is 1. The van der Waals surface area contributed by atoms with Gasteiger partial charge >= 0.3 is 12.1 Å². The van der Waals surface area contributed by atoms with E-state index < -0.39 is 12.1 Å². The zero-order chi connectivity index (χ0) is 16.4. The van der Waals surface area contributed by atoms with Gasteiger partial charge in [0.05, 0.1) is 6.54 Å². The molecule has 24 heavy (non-hydrogen) atoms. The zero-order valence-corrected chi connectivity index (χ0v) is 13.2. The van der Waals surface area contributed by atoms with Gasteiger partial charge < -0.3 is 14.7 Å². The number of aromatic nitrogens is 2. The van der Waals surface area contributed by atoms with Gasteiger partial charge in [0.1, 0.15) is 0 Å². The van der Waals surface area contributed by atoms with E-state index in [1.54, 1.807) is 29.2 Å². The SMILES string of the molecule is Cl.O=C1CNCCN1Cc1ccc(-c2noc(C(F)(F)F)n2)cc1. The highest BCUT2D eigenvalue weighted by molar-refractivity contribution is 5.85. The average molecular weight is 363 g/mol. The molecule has 1 aromatic carbocycles. The van der Waals surface area contributed by atoms with Gasteiger partial charge in [0.2, 0.25) is 11.7 Å². The summed E-state index contributed by atoms with van der Waals surface area (Å²) in [4.78, 5) is 16.8. The molecule has 0 unspecified atom stereocenters. The van der Waals surface area contributed by atoms with Crippen molar-refractivity contribution in [1.29, 1.82) is 0 Å². The highest BCUT2D eigenvalue weighted by atomic mass is 35.5. The molecule has 3 rings (SSSR count). The van der Waals surface area contributed by atoms with Gasteiger partial charge in [-0.2, -0.15) is 18.2 Å². The third-order valence-electron chi connectivity index (χ3n) is 3.44. The van der Waals surface area contributed by atoms with Crippen molar-refractivity contribution >= 4 is 18.3 Å². The van der Waals surface area contributed by atoms with Crippen LogP contribution < -0.4 is 5.32 Å². The number of nitrogens with one attached hydrogen (secondary N) is 1. The van der Waals surface area contributed by atoms with E-state index in [9.17, 15) is 18.0 Å². The summed E-state index contributed by atoms with van der Waals surface area (Å²) >= 11 is 0. The number of hydrogen-bond donors (Lipinski definition) is 1. The molecule has 1 aliphatic heterocycles. The van der Waals surface area contributed by atoms with Crippen molar-refractivity contribution in [1.82, 2.24) is 20.4 Å². The number of rotatable bonds is 3. The van der Waals surface area contributed by atoms with Gasteiger partial charge in [-0.1, -0.05) is 29.4 Å². The number of piperazine rings is 1. The van der Waals surface area contributed by atoms with Crippen molar-refractivity contribution in [2.45, 2.75) is 12.7 Å². The lowest BCUT2D eigenvalue weighted by Crippen LogP contribution is -2.47. The van der Waals surface area contributed by atoms with Crippen molar-refractivity contribution in [3.05, 3.63) is 35.7 Å². The molecule has 10 heteroatoms. The Kier molecular flexibility index (Phi) is 5.45. The van der Waals surface area contributed by atoms with Gasteiger partial charge in [0.25, 0.3) is 0 Å². The number of amides is 1. The smallest absolute Gasteiger partial charge is 0.336 e. The van der Waals surface area contributed by atoms with Crippen LogP contribution in [0.15, 0.2) is 28.8 Å². The van der Waals surface area contributed by atoms with E-state index in [0.717, 1.165) is 12.1 Å². The molecular weight excluding hydrogens is 349 g/mol. The molecule has 1 N–H and O–H groups in total. The van der Waals surface area contributed by atoms with Crippen LogP contribution in [-0.2, 0) is 17.5 Å². The molecule has 1 saturated heterocycles. The second-order valence-corrected chi connectivity index (χ2v) is 5.11. The Bertz CT molecular complexity index is 703. The number of carbonyl (C=O) groups excluding carboxylic acids is 1. The third-order valence-corrected chi connectivity index (χ3v) is 3.44. The highest BCUT2D eigenvalue weighted by Gasteiger charge is 2.38. The molecule has 1 amide bonds. The van der Waals surface area contributed by atoms with Gasteiger partial charge in [0.15, 0.2) is 0 Å². The lowest BCUT2D eigenvalue weighted by Gasteiger charge is -2.27. The molecule has 6 nitrogen and oxygen atoms in total. The first kappa shape index (κ1) is 18.2. The van der Waals surface area contributed by atoms with E-state index in [1.165, 1.54) is 0 Å². The predicted octanol–water partition coefficient (Wildman–Crippen LogP) is 2.11. The van der Waals surface area contributed by atoms with E-state index in [-0.39, 0.29) is 24.1 Å². The molecular formula is C14H14ClF3N4O2. The van der Waals surface area contributed by atoms with Gasteiger partial charge in [-0.05, 0) is 5.56 Å². The van der Waals surface area contributed by atoms with Crippen molar-refractivity contribution < 1.29 is 22.5 Å². The average Bonchev–Trinajstić information content (AvgIpc) is 3.00. The maximum absolute atomic E-state index is 12.4. The summed E-state index contributed by atoms with van der Waals surface area (Å²) in [6.07, 6.45) is -4.66. The number of hydrogen-bond acceptors (Lipinski definition) is 5. The number of halogens is 4. The van der Waals surface area contributed by atoms with E-state index in [1.807, 2.05) is 0 Å². The molecule has 2 aromatic rings. The minimum Gasteiger partial charge on any atom is -0.336 e. The quantitative estimate of drug-likeness (QED) is 0.905. The Hall–Kier alpha value is -2.13. The first-order valence-electron chi connectivity index (χ1n) is 6.92. The molecule has 0 spiro atoms. The van der Waals surface area contributed by atoms with E-state index in [0.29, 0.717) is 25.2 Å². The molecule has 0 saturated carbocycles. The number of carbonyl (C=O) groups is 1. The second-order valence-electron chi connectivity index (χ2n) is 5.11. The summed E-state index contributed by atoms with van der Waals surface area (Å²) in [5, 5.41) is 6.32. The van der Waals surface area contributed by atoms with Gasteiger partial charge in [-0.3, -0.25) is 4.79 Å². The molecule has 1 aliphatic rings. The molecule has 0 bridgehead atoms. The molecule has 1 aromatic heterocycles. The van der Waals surface area contributed by atoms with Crippen LogP contribution in [0.2, 0.25) is 0 Å². The van der Waals surface area contributed by atoms with Crippen molar-refractivity contribution in [3.8, 4) is 11.4 Å². The first-order chi connectivity index (χ1) is 10.9. The Morgan fingerprint density at radius 1 is 1.25 bits per heavy atom. The Balaban J connectivity index is 0.00000208. The Labute approximate surface area is 141 Å². The summed E-state index contributed by atoms with van der Waals surface area (Å²) in [5.41, 5.74) is 1.29. The van der Waals surface area contributed by atoms with Gasteiger partial charge in [0, 0.05) is 25.2 Å². The van der Waals surface area contributed by atoms with Crippen LogP contribution >= 0.6 is 12.4 Å². The maximum Gasteiger partial charge on any atom is 0.471 e. The Morgan fingerprint density at radius 3 is 2.54 bits per heavy atom. The first-order valence-corrected chi connectivity index (χ1v) is 6.92. The zero-order valence-electron chi connectivity index (χ0n) is 12.3. The van der Waals surface area contributed by atoms with Crippen LogP contribution in [0.4, 0.5) is 13.2 Å². The predicted molar refractivity (Wildman–Crippen MR) is 80.3 cm³/mol. The van der Waals surface area contributed by atoms with E-state index in [4.69, 9.17) is 0 Å². The van der Waals surface area contributed by atoms with Gasteiger partial charge in [-0.15, -0.1) is 12.4 Å². The topological polar surface area (TPSA) is 71.3 Å². The molecule has 0 atom stereocenters. The number of nitrogens with zero attached hydrogens (tertiary/aromatic N) is 3. The van der Waals surface area contributed by atoms with Crippen LogP contribution in [0.25, 0.3) is 11.4 Å². The summed E-state index contributed by atoms with van der Waals surface area (Å²) in [6, 6.07) is 6.67. The standard InChI is InChI=1S/C14H13F3N4O2.ClH/c15-14(16,17)13-19-12(20-23-13)10-3-1-9(2-4-10)8-21-6-5-18-7-11(21)22;/h1-4,18H,5-8H2;1H. The van der Waals surface area contributed by atoms with Crippen LogP contribution in [0.5, 0.6) is 0 Å². The van der Waals surface area contributed by atoms with Crippen LogP contribution in [0, 0.1) is 0 Å². The lowest BCUT2D eigenvalue weighted by atomic mass is 10.1. The van der Waals surface area contributed by atoms with Crippen molar-refractivity contribution in [2.75, 3.05) is 19.6 Å². The molecule has 130 valence electrons. The normalized spacial score (nSPS) is 15.3. The minimum absolute atomic E-state index is 0. The second kappa shape index (κ2) is 7.18. The molecule has 2 heterocycles.